The molecule has 7 nitrogen and oxygen atoms in total. The molecule has 0 spiro atoms. The Labute approximate surface area is 129 Å². The highest BCUT2D eigenvalue weighted by atomic mass is 16.5. The number of nitrogens with zero attached hydrogens (tertiary/aromatic N) is 1. The van der Waals surface area contributed by atoms with Crippen LogP contribution in [0, 0.1) is 6.92 Å². The zero-order valence-electron chi connectivity index (χ0n) is 13.6. The number of esters is 2. The molecule has 0 fully saturated rings. The first-order valence-electron chi connectivity index (χ1n) is 6.97. The van der Waals surface area contributed by atoms with Gasteiger partial charge in [0.25, 0.3) is 0 Å². The van der Waals surface area contributed by atoms with Gasteiger partial charge in [0.15, 0.2) is 5.78 Å². The van der Waals surface area contributed by atoms with Gasteiger partial charge < -0.3 is 19.4 Å². The second-order valence-corrected chi connectivity index (χ2v) is 5.14. The third-order valence-corrected chi connectivity index (χ3v) is 2.97. The normalized spacial score (nSPS) is 10.6. The summed E-state index contributed by atoms with van der Waals surface area (Å²) in [7, 11) is 3.55. The van der Waals surface area contributed by atoms with Crippen molar-refractivity contribution < 1.29 is 23.9 Å². The van der Waals surface area contributed by atoms with E-state index >= 15 is 0 Å². The number of rotatable bonds is 7. The molecule has 0 aliphatic rings. The summed E-state index contributed by atoms with van der Waals surface area (Å²) in [5.41, 5.74) is 1.50. The fourth-order valence-electron chi connectivity index (χ4n) is 2.09. The number of hydrogen-bond acceptors (Lipinski definition) is 6. The second-order valence-electron chi connectivity index (χ2n) is 5.14. The highest BCUT2D eigenvalue weighted by molar-refractivity contribution is 6.03. The van der Waals surface area contributed by atoms with Crippen LogP contribution in [0.2, 0.25) is 0 Å². The lowest BCUT2D eigenvalue weighted by atomic mass is 10.1. The van der Waals surface area contributed by atoms with Crippen molar-refractivity contribution in [2.45, 2.75) is 27.4 Å². The first-order chi connectivity index (χ1) is 10.3. The number of nitrogens with one attached hydrogen (secondary N) is 1. The highest BCUT2D eigenvalue weighted by Gasteiger charge is 2.25. The average molecular weight is 310 g/mol. The van der Waals surface area contributed by atoms with Crippen molar-refractivity contribution in [2.24, 2.45) is 0 Å². The standard InChI is InChI=1S/C15H22N2O5/c1-6-21-15(20)14-9(2)13(12(19)7-17(4)5)11(16-14)8-22-10(3)18/h16H,6-8H2,1-5H3. The third-order valence-electron chi connectivity index (χ3n) is 2.97. The summed E-state index contributed by atoms with van der Waals surface area (Å²) < 4.78 is 9.91. The van der Waals surface area contributed by atoms with Gasteiger partial charge in [-0.2, -0.15) is 0 Å². The maximum atomic E-state index is 12.4. The average Bonchev–Trinajstić information content (AvgIpc) is 2.73. The van der Waals surface area contributed by atoms with Crippen LogP contribution in [0.5, 0.6) is 0 Å². The number of carbonyl (C=O) groups is 3. The molecule has 0 unspecified atom stereocenters. The second kappa shape index (κ2) is 7.74. The Morgan fingerprint density at radius 3 is 2.32 bits per heavy atom. The zero-order valence-corrected chi connectivity index (χ0v) is 13.6. The molecular weight excluding hydrogens is 288 g/mol. The van der Waals surface area contributed by atoms with E-state index in [2.05, 4.69) is 4.98 Å². The molecule has 122 valence electrons. The zero-order chi connectivity index (χ0) is 16.9. The first kappa shape index (κ1) is 17.9. The van der Waals surface area contributed by atoms with Crippen LogP contribution in [0.3, 0.4) is 0 Å². The van der Waals surface area contributed by atoms with Crippen LogP contribution in [-0.2, 0) is 20.9 Å². The summed E-state index contributed by atoms with van der Waals surface area (Å²) in [5, 5.41) is 0. The van der Waals surface area contributed by atoms with E-state index in [0.29, 0.717) is 16.8 Å². The number of ketones is 1. The van der Waals surface area contributed by atoms with Crippen LogP contribution in [-0.4, -0.2) is 54.9 Å². The Balaban J connectivity index is 3.21. The molecule has 1 heterocycles. The minimum atomic E-state index is -0.534. The predicted octanol–water partition coefficient (Wildman–Crippen LogP) is 1.31. The number of aromatic nitrogens is 1. The molecule has 0 atom stereocenters. The molecular formula is C15H22N2O5. The maximum absolute atomic E-state index is 12.4. The van der Waals surface area contributed by atoms with Crippen molar-refractivity contribution in [3.8, 4) is 0 Å². The summed E-state index contributed by atoms with van der Waals surface area (Å²) >= 11 is 0. The molecule has 0 aromatic carbocycles. The number of carbonyl (C=O) groups excluding carboxylic acids is 3. The van der Waals surface area contributed by atoms with Gasteiger partial charge in [-0.1, -0.05) is 0 Å². The Kier molecular flexibility index (Phi) is 6.30. The van der Waals surface area contributed by atoms with Crippen molar-refractivity contribution in [1.29, 1.82) is 0 Å². The number of Topliss-reactive ketones (excluding diaryl/α,β-unsaturated/α-hetero) is 1. The number of ether oxygens (including phenoxy) is 2. The summed E-state index contributed by atoms with van der Waals surface area (Å²) in [6.45, 7) is 4.98. The largest absolute Gasteiger partial charge is 0.461 e. The van der Waals surface area contributed by atoms with Gasteiger partial charge in [0.2, 0.25) is 0 Å². The minimum Gasteiger partial charge on any atom is -0.461 e. The molecule has 0 aliphatic carbocycles. The monoisotopic (exact) mass is 310 g/mol. The molecule has 0 saturated heterocycles. The Morgan fingerprint density at radius 1 is 1.18 bits per heavy atom. The fraction of sp³-hybridized carbons (Fsp3) is 0.533. The lowest BCUT2D eigenvalue weighted by Gasteiger charge is -2.10. The van der Waals surface area contributed by atoms with Crippen molar-refractivity contribution in [3.05, 3.63) is 22.5 Å². The van der Waals surface area contributed by atoms with Crippen LogP contribution in [0.1, 0.15) is 46.0 Å². The van der Waals surface area contributed by atoms with E-state index in [1.54, 1.807) is 32.8 Å². The van der Waals surface area contributed by atoms with Crippen LogP contribution < -0.4 is 0 Å². The molecule has 7 heteroatoms. The molecule has 0 bridgehead atoms. The Bertz CT molecular complexity index is 575. The molecule has 0 radical (unpaired) electrons. The lowest BCUT2D eigenvalue weighted by Crippen LogP contribution is -2.23. The van der Waals surface area contributed by atoms with E-state index in [9.17, 15) is 14.4 Å². The van der Waals surface area contributed by atoms with Crippen molar-refractivity contribution in [2.75, 3.05) is 27.2 Å². The first-order valence-corrected chi connectivity index (χ1v) is 6.97. The van der Waals surface area contributed by atoms with E-state index in [0.717, 1.165) is 0 Å². The van der Waals surface area contributed by atoms with Gasteiger partial charge in [0.05, 0.1) is 18.8 Å². The smallest absolute Gasteiger partial charge is 0.355 e. The maximum Gasteiger partial charge on any atom is 0.355 e. The molecule has 1 aromatic heterocycles. The van der Waals surface area contributed by atoms with E-state index < -0.39 is 11.9 Å². The summed E-state index contributed by atoms with van der Waals surface area (Å²) in [6, 6.07) is 0. The number of H-pyrrole nitrogens is 1. The predicted molar refractivity (Wildman–Crippen MR) is 79.8 cm³/mol. The molecule has 22 heavy (non-hydrogen) atoms. The van der Waals surface area contributed by atoms with Crippen molar-refractivity contribution >= 4 is 17.7 Å². The Hall–Kier alpha value is -2.15. The molecule has 1 aromatic rings. The third kappa shape index (κ3) is 4.42. The van der Waals surface area contributed by atoms with Crippen molar-refractivity contribution in [1.82, 2.24) is 9.88 Å². The lowest BCUT2D eigenvalue weighted by molar-refractivity contribution is -0.142. The molecule has 0 aliphatic heterocycles. The summed E-state index contributed by atoms with van der Waals surface area (Å²) in [5.74, 6) is -1.15. The Morgan fingerprint density at radius 2 is 1.82 bits per heavy atom. The quantitative estimate of drug-likeness (QED) is 0.603. The van der Waals surface area contributed by atoms with Gasteiger partial charge >= 0.3 is 11.9 Å². The van der Waals surface area contributed by atoms with Gasteiger partial charge in [0, 0.05) is 12.5 Å². The van der Waals surface area contributed by atoms with Gasteiger partial charge in [-0.05, 0) is 33.5 Å². The summed E-state index contributed by atoms with van der Waals surface area (Å²) in [4.78, 5) is 39.9. The van der Waals surface area contributed by atoms with Crippen LogP contribution in [0.4, 0.5) is 0 Å². The van der Waals surface area contributed by atoms with Gasteiger partial charge in [-0.25, -0.2) is 4.79 Å². The minimum absolute atomic E-state index is 0.0932. The van der Waals surface area contributed by atoms with Crippen LogP contribution >= 0.6 is 0 Å². The SMILES string of the molecule is CCOC(=O)c1[nH]c(COC(C)=O)c(C(=O)CN(C)C)c1C. The molecule has 0 saturated carbocycles. The highest BCUT2D eigenvalue weighted by Crippen LogP contribution is 2.21. The number of likely N-dealkylation sites (N-methyl/N-ethyl adjacent to an activating group) is 1. The van der Waals surface area contributed by atoms with Gasteiger partial charge in [-0.3, -0.25) is 9.59 Å². The van der Waals surface area contributed by atoms with Crippen LogP contribution in [0.25, 0.3) is 0 Å². The summed E-state index contributed by atoms with van der Waals surface area (Å²) in [6.07, 6.45) is 0. The van der Waals surface area contributed by atoms with E-state index in [4.69, 9.17) is 9.47 Å². The van der Waals surface area contributed by atoms with E-state index in [1.807, 2.05) is 0 Å². The van der Waals surface area contributed by atoms with Crippen molar-refractivity contribution in [3.63, 3.8) is 0 Å². The van der Waals surface area contributed by atoms with E-state index in [1.165, 1.54) is 6.92 Å². The molecule has 1 rings (SSSR count). The topological polar surface area (TPSA) is 88.7 Å². The molecule has 1 N–H and O–H groups in total. The number of aromatic amines is 1. The van der Waals surface area contributed by atoms with E-state index in [-0.39, 0.29) is 31.2 Å². The fourth-order valence-corrected chi connectivity index (χ4v) is 2.09. The van der Waals surface area contributed by atoms with Gasteiger partial charge in [0.1, 0.15) is 12.3 Å². The molecule has 0 amide bonds. The van der Waals surface area contributed by atoms with Gasteiger partial charge in [-0.15, -0.1) is 0 Å². The van der Waals surface area contributed by atoms with Crippen LogP contribution in [0.15, 0.2) is 0 Å². The number of hydrogen-bond donors (Lipinski definition) is 1.